The van der Waals surface area contributed by atoms with Gasteiger partial charge in [-0.2, -0.15) is 0 Å². The van der Waals surface area contributed by atoms with Gasteiger partial charge in [0, 0.05) is 0 Å². The van der Waals surface area contributed by atoms with Gasteiger partial charge in [0.15, 0.2) is 0 Å². The minimum atomic E-state index is 0. The zero-order chi connectivity index (χ0) is 14.0. The first-order valence-corrected chi connectivity index (χ1v) is 8.05. The Hall–Kier alpha value is -0.560. The molecule has 0 aliphatic heterocycles. The summed E-state index contributed by atoms with van der Waals surface area (Å²) in [5.41, 5.74) is 4.24. The predicted octanol–water partition coefficient (Wildman–Crippen LogP) is 5.61. The Morgan fingerprint density at radius 2 is 1.29 bits per heavy atom. The summed E-state index contributed by atoms with van der Waals surface area (Å²) in [4.78, 5) is 0. The molecule has 0 amide bonds. The van der Waals surface area contributed by atoms with Crippen LogP contribution in [0.2, 0.25) is 0 Å². The van der Waals surface area contributed by atoms with E-state index in [0.29, 0.717) is 0 Å². The number of aryl methyl sites for hydroxylation is 1. The van der Waals surface area contributed by atoms with Gasteiger partial charge in [0.05, 0.1) is 0 Å². The maximum atomic E-state index is 2.29. The first-order valence-electron chi connectivity index (χ1n) is 8.05. The van der Waals surface area contributed by atoms with Gasteiger partial charge in [0.2, 0.25) is 0 Å². The molecule has 2 aromatic rings. The van der Waals surface area contributed by atoms with Crippen molar-refractivity contribution in [3.63, 3.8) is 0 Å². The molecule has 0 aliphatic carbocycles. The van der Waals surface area contributed by atoms with Gasteiger partial charge < -0.3 is 0 Å². The van der Waals surface area contributed by atoms with Crippen LogP contribution in [-0.2, 0) is 6.42 Å². The summed E-state index contributed by atoms with van der Waals surface area (Å²) >= 11 is 0. The quantitative estimate of drug-likeness (QED) is 0.438. The zero-order valence-electron chi connectivity index (χ0n) is 12.6. The monoisotopic (exact) mass is 290 g/mol. The third-order valence-corrected chi connectivity index (χ3v) is 3.90. The molecule has 0 radical (unpaired) electrons. The van der Waals surface area contributed by atoms with E-state index < -0.39 is 0 Å². The fourth-order valence-corrected chi connectivity index (χ4v) is 2.73. The van der Waals surface area contributed by atoms with Crippen molar-refractivity contribution in [2.24, 2.45) is 0 Å². The van der Waals surface area contributed by atoms with Crippen LogP contribution in [0, 0.1) is 0 Å². The number of hydrogen-bond donors (Lipinski definition) is 0. The van der Waals surface area contributed by atoms with E-state index in [4.69, 9.17) is 0 Å². The molecule has 0 nitrogen and oxygen atoms in total. The summed E-state index contributed by atoms with van der Waals surface area (Å²) in [6.45, 7) is 2.27. The molecule has 2 rings (SSSR count). The van der Waals surface area contributed by atoms with Crippen LogP contribution in [0.5, 0.6) is 0 Å². The SMILES string of the molecule is CCCCCCCCc1ccccc1-c1ccccc1.[NaH]. The fourth-order valence-electron chi connectivity index (χ4n) is 2.73. The Bertz CT molecular complexity index is 490. The van der Waals surface area contributed by atoms with Gasteiger partial charge in [0.1, 0.15) is 0 Å². The van der Waals surface area contributed by atoms with Gasteiger partial charge in [-0.15, -0.1) is 0 Å². The van der Waals surface area contributed by atoms with Crippen molar-refractivity contribution in [2.75, 3.05) is 0 Å². The van der Waals surface area contributed by atoms with Gasteiger partial charge in [-0.3, -0.25) is 0 Å². The van der Waals surface area contributed by atoms with Crippen molar-refractivity contribution in [3.8, 4) is 11.1 Å². The molecule has 108 valence electrons. The van der Waals surface area contributed by atoms with E-state index in [0.717, 1.165) is 0 Å². The van der Waals surface area contributed by atoms with Crippen LogP contribution < -0.4 is 0 Å². The number of unbranched alkanes of at least 4 members (excludes halogenated alkanes) is 5. The molecular formula is C20H27Na. The Labute approximate surface area is 152 Å². The molecule has 0 spiro atoms. The molecule has 2 aromatic carbocycles. The molecule has 0 saturated heterocycles. The van der Waals surface area contributed by atoms with Gasteiger partial charge in [-0.05, 0) is 29.5 Å². The second-order valence-electron chi connectivity index (χ2n) is 5.54. The Morgan fingerprint density at radius 3 is 2.05 bits per heavy atom. The van der Waals surface area contributed by atoms with Crippen molar-refractivity contribution in [3.05, 3.63) is 60.2 Å². The Morgan fingerprint density at radius 1 is 0.667 bits per heavy atom. The molecular weight excluding hydrogens is 263 g/mol. The molecule has 0 aromatic heterocycles. The normalized spacial score (nSPS) is 10.1. The van der Waals surface area contributed by atoms with Gasteiger partial charge in [-0.25, -0.2) is 0 Å². The summed E-state index contributed by atoms with van der Waals surface area (Å²) in [6.07, 6.45) is 9.39. The van der Waals surface area contributed by atoms with E-state index in [1.807, 2.05) is 0 Å². The topological polar surface area (TPSA) is 0 Å². The van der Waals surface area contributed by atoms with Crippen LogP contribution in [-0.4, -0.2) is 29.6 Å². The van der Waals surface area contributed by atoms with Gasteiger partial charge in [-0.1, -0.05) is 93.6 Å². The van der Waals surface area contributed by atoms with Crippen molar-refractivity contribution in [1.82, 2.24) is 0 Å². The average molecular weight is 290 g/mol. The van der Waals surface area contributed by atoms with Crippen molar-refractivity contribution in [1.29, 1.82) is 0 Å². The Kier molecular flexibility index (Phi) is 9.74. The van der Waals surface area contributed by atoms with Crippen molar-refractivity contribution >= 4 is 29.6 Å². The molecule has 0 aliphatic rings. The minimum absolute atomic E-state index is 0. The van der Waals surface area contributed by atoms with Gasteiger partial charge >= 0.3 is 29.6 Å². The third kappa shape index (κ3) is 6.38. The number of rotatable bonds is 8. The summed E-state index contributed by atoms with van der Waals surface area (Å²) in [6, 6.07) is 19.6. The third-order valence-electron chi connectivity index (χ3n) is 3.90. The summed E-state index contributed by atoms with van der Waals surface area (Å²) < 4.78 is 0. The molecule has 0 fully saturated rings. The van der Waals surface area contributed by atoms with Gasteiger partial charge in [0.25, 0.3) is 0 Å². The van der Waals surface area contributed by atoms with Crippen LogP contribution in [0.3, 0.4) is 0 Å². The average Bonchev–Trinajstić information content (AvgIpc) is 2.52. The number of hydrogen-bond acceptors (Lipinski definition) is 0. The van der Waals surface area contributed by atoms with Crippen molar-refractivity contribution in [2.45, 2.75) is 51.9 Å². The second kappa shape index (κ2) is 11.1. The standard InChI is InChI=1S/C20H26.Na.H/c1-2-3-4-5-6-8-13-19-16-11-12-17-20(19)18-14-9-7-10-15-18;;/h7,9-12,14-17H,2-6,8,13H2,1H3;;. The van der Waals surface area contributed by atoms with E-state index in [-0.39, 0.29) is 29.6 Å². The van der Waals surface area contributed by atoms with Crippen LogP contribution in [0.4, 0.5) is 0 Å². The molecule has 0 N–H and O–H groups in total. The second-order valence-corrected chi connectivity index (χ2v) is 5.54. The first-order chi connectivity index (χ1) is 9.92. The zero-order valence-corrected chi connectivity index (χ0v) is 12.6. The Balaban J connectivity index is 0.00000220. The predicted molar refractivity (Wildman–Crippen MR) is 96.1 cm³/mol. The molecule has 0 atom stereocenters. The van der Waals surface area contributed by atoms with Crippen LogP contribution in [0.15, 0.2) is 54.6 Å². The molecule has 0 bridgehead atoms. The maximum absolute atomic E-state index is 2.29. The van der Waals surface area contributed by atoms with Crippen LogP contribution in [0.25, 0.3) is 11.1 Å². The van der Waals surface area contributed by atoms with Crippen LogP contribution in [0.1, 0.15) is 51.0 Å². The first kappa shape index (κ1) is 18.5. The van der Waals surface area contributed by atoms with Crippen molar-refractivity contribution < 1.29 is 0 Å². The fraction of sp³-hybridized carbons (Fsp3) is 0.400. The van der Waals surface area contributed by atoms with Crippen LogP contribution >= 0.6 is 0 Å². The molecule has 21 heavy (non-hydrogen) atoms. The van der Waals surface area contributed by atoms with E-state index in [1.54, 1.807) is 0 Å². The summed E-state index contributed by atoms with van der Waals surface area (Å²) in [5.74, 6) is 0. The number of benzene rings is 2. The molecule has 1 heteroatoms. The van der Waals surface area contributed by atoms with E-state index >= 15 is 0 Å². The van der Waals surface area contributed by atoms with E-state index in [1.165, 1.54) is 61.6 Å². The molecule has 0 heterocycles. The molecule has 0 unspecified atom stereocenters. The molecule has 0 saturated carbocycles. The summed E-state index contributed by atoms with van der Waals surface area (Å²) in [5, 5.41) is 0. The van der Waals surface area contributed by atoms with E-state index in [9.17, 15) is 0 Å². The van der Waals surface area contributed by atoms with E-state index in [2.05, 4.69) is 61.5 Å². The summed E-state index contributed by atoms with van der Waals surface area (Å²) in [7, 11) is 0.